The lowest BCUT2D eigenvalue weighted by molar-refractivity contribution is 0.0272. The van der Waals surface area contributed by atoms with E-state index >= 15 is 0 Å². The van der Waals surface area contributed by atoms with Gasteiger partial charge in [-0.3, -0.25) is 0 Å². The van der Waals surface area contributed by atoms with Crippen molar-refractivity contribution in [1.82, 2.24) is 5.32 Å². The molecule has 0 aromatic carbocycles. The van der Waals surface area contributed by atoms with Gasteiger partial charge in [0.15, 0.2) is 0 Å². The molecule has 3 nitrogen and oxygen atoms in total. The van der Waals surface area contributed by atoms with Crippen molar-refractivity contribution in [3.05, 3.63) is 0 Å². The Bertz CT molecular complexity index is 149. The van der Waals surface area contributed by atoms with Crippen LogP contribution in [0.25, 0.3) is 0 Å². The molecule has 0 aromatic heterocycles. The molecule has 0 saturated carbocycles. The van der Waals surface area contributed by atoms with Gasteiger partial charge in [-0.05, 0) is 31.4 Å². The Morgan fingerprint density at radius 2 is 2.36 bits per heavy atom. The zero-order chi connectivity index (χ0) is 10.3. The summed E-state index contributed by atoms with van der Waals surface area (Å²) in [5, 5.41) is 13.2. The van der Waals surface area contributed by atoms with Crippen molar-refractivity contribution in [3.63, 3.8) is 0 Å². The van der Waals surface area contributed by atoms with Crippen LogP contribution in [0.4, 0.5) is 0 Å². The molecule has 0 spiro atoms. The van der Waals surface area contributed by atoms with Gasteiger partial charge in [0, 0.05) is 19.6 Å². The van der Waals surface area contributed by atoms with Crippen LogP contribution in [0.3, 0.4) is 0 Å². The predicted octanol–water partition coefficient (Wildman–Crippen LogP) is 0.871. The summed E-state index contributed by atoms with van der Waals surface area (Å²) in [7, 11) is 0. The molecule has 0 aromatic rings. The zero-order valence-electron chi connectivity index (χ0n) is 8.92. The van der Waals surface area contributed by atoms with Crippen LogP contribution in [0, 0.1) is 0 Å². The first-order valence-corrected chi connectivity index (χ1v) is 6.66. The molecule has 2 N–H and O–H groups in total. The van der Waals surface area contributed by atoms with Gasteiger partial charge in [-0.25, -0.2) is 0 Å². The minimum Gasteiger partial charge on any atom is -0.386 e. The van der Waals surface area contributed by atoms with E-state index in [1.54, 1.807) is 0 Å². The average Bonchev–Trinajstić information content (AvgIpc) is 2.59. The van der Waals surface area contributed by atoms with E-state index in [2.05, 4.69) is 11.6 Å². The normalized spacial score (nSPS) is 27.0. The summed E-state index contributed by atoms with van der Waals surface area (Å²) in [6.45, 7) is 2.87. The predicted molar refractivity (Wildman–Crippen MR) is 60.9 cm³/mol. The zero-order valence-corrected chi connectivity index (χ0v) is 9.74. The highest BCUT2D eigenvalue weighted by Gasteiger charge is 2.31. The van der Waals surface area contributed by atoms with E-state index in [4.69, 9.17) is 4.74 Å². The van der Waals surface area contributed by atoms with E-state index in [0.29, 0.717) is 19.8 Å². The number of hydrogen-bond donors (Lipinski definition) is 2. The van der Waals surface area contributed by atoms with Crippen LogP contribution in [0.15, 0.2) is 0 Å². The molecule has 1 aliphatic rings. The number of ether oxygens (including phenoxy) is 1. The van der Waals surface area contributed by atoms with Crippen molar-refractivity contribution in [2.24, 2.45) is 0 Å². The molecular formula is C10H21NO2S. The van der Waals surface area contributed by atoms with Gasteiger partial charge in [0.05, 0.1) is 6.61 Å². The standard InChI is InChI=1S/C10H21NO2S/c1-14-7-3-2-5-11-8-10(12)4-6-13-9-10/h11-12H,2-9H2,1H3. The second-order valence-corrected chi connectivity index (χ2v) is 4.89. The van der Waals surface area contributed by atoms with Crippen LogP contribution in [0.1, 0.15) is 19.3 Å². The van der Waals surface area contributed by atoms with Crippen molar-refractivity contribution < 1.29 is 9.84 Å². The highest BCUT2D eigenvalue weighted by molar-refractivity contribution is 7.98. The molecule has 0 bridgehead atoms. The molecule has 1 atom stereocenters. The molecule has 0 aliphatic carbocycles. The van der Waals surface area contributed by atoms with E-state index in [9.17, 15) is 5.11 Å². The third-order valence-corrected chi connectivity index (χ3v) is 3.19. The van der Waals surface area contributed by atoms with E-state index < -0.39 is 5.60 Å². The van der Waals surface area contributed by atoms with Gasteiger partial charge in [-0.15, -0.1) is 0 Å². The highest BCUT2D eigenvalue weighted by atomic mass is 32.2. The lowest BCUT2D eigenvalue weighted by Gasteiger charge is -2.20. The largest absolute Gasteiger partial charge is 0.386 e. The van der Waals surface area contributed by atoms with Crippen molar-refractivity contribution in [1.29, 1.82) is 0 Å². The third kappa shape index (κ3) is 4.64. The van der Waals surface area contributed by atoms with Crippen molar-refractivity contribution in [3.8, 4) is 0 Å². The SMILES string of the molecule is CSCCCCNCC1(O)CCOC1. The molecular weight excluding hydrogens is 198 g/mol. The number of nitrogens with one attached hydrogen (secondary N) is 1. The summed E-state index contributed by atoms with van der Waals surface area (Å²) < 4.78 is 5.16. The maximum absolute atomic E-state index is 9.90. The van der Waals surface area contributed by atoms with Gasteiger partial charge in [-0.2, -0.15) is 11.8 Å². The third-order valence-electron chi connectivity index (χ3n) is 2.49. The summed E-state index contributed by atoms with van der Waals surface area (Å²) >= 11 is 1.89. The molecule has 1 saturated heterocycles. The molecule has 0 radical (unpaired) electrons. The number of thioether (sulfide) groups is 1. The summed E-state index contributed by atoms with van der Waals surface area (Å²) in [5.41, 5.74) is -0.598. The number of hydrogen-bond acceptors (Lipinski definition) is 4. The Balaban J connectivity index is 1.92. The van der Waals surface area contributed by atoms with E-state index in [1.807, 2.05) is 11.8 Å². The molecule has 84 valence electrons. The van der Waals surface area contributed by atoms with Gasteiger partial charge in [-0.1, -0.05) is 0 Å². The summed E-state index contributed by atoms with van der Waals surface area (Å²) in [5.74, 6) is 1.23. The average molecular weight is 219 g/mol. The molecule has 14 heavy (non-hydrogen) atoms. The van der Waals surface area contributed by atoms with E-state index in [0.717, 1.165) is 13.0 Å². The Labute approximate surface area is 90.6 Å². The quantitative estimate of drug-likeness (QED) is 0.624. The van der Waals surface area contributed by atoms with Crippen molar-refractivity contribution >= 4 is 11.8 Å². The van der Waals surface area contributed by atoms with Gasteiger partial charge >= 0.3 is 0 Å². The Kier molecular flexibility index (Phi) is 5.86. The molecule has 1 heterocycles. The molecule has 1 aliphatic heterocycles. The maximum atomic E-state index is 9.90. The number of unbranched alkanes of at least 4 members (excludes halogenated alkanes) is 1. The lowest BCUT2D eigenvalue weighted by Crippen LogP contribution is -2.41. The fraction of sp³-hybridized carbons (Fsp3) is 1.00. The molecule has 1 fully saturated rings. The summed E-state index contributed by atoms with van der Waals surface area (Å²) in [6.07, 6.45) is 5.34. The van der Waals surface area contributed by atoms with Gasteiger partial charge < -0.3 is 15.2 Å². The molecule has 1 rings (SSSR count). The first-order valence-electron chi connectivity index (χ1n) is 5.27. The lowest BCUT2D eigenvalue weighted by atomic mass is 10.0. The fourth-order valence-corrected chi connectivity index (χ4v) is 2.05. The van der Waals surface area contributed by atoms with Crippen molar-refractivity contribution in [2.45, 2.75) is 24.9 Å². The Morgan fingerprint density at radius 1 is 1.50 bits per heavy atom. The maximum Gasteiger partial charge on any atom is 0.102 e. The minimum atomic E-state index is -0.598. The molecule has 1 unspecified atom stereocenters. The van der Waals surface area contributed by atoms with E-state index in [1.165, 1.54) is 18.6 Å². The minimum absolute atomic E-state index is 0.491. The summed E-state index contributed by atoms with van der Waals surface area (Å²) in [6, 6.07) is 0. The van der Waals surface area contributed by atoms with Gasteiger partial charge in [0.2, 0.25) is 0 Å². The van der Waals surface area contributed by atoms with Gasteiger partial charge in [0.25, 0.3) is 0 Å². The smallest absolute Gasteiger partial charge is 0.102 e. The van der Waals surface area contributed by atoms with Gasteiger partial charge in [0.1, 0.15) is 5.60 Å². The second-order valence-electron chi connectivity index (χ2n) is 3.90. The topological polar surface area (TPSA) is 41.5 Å². The summed E-state index contributed by atoms with van der Waals surface area (Å²) in [4.78, 5) is 0. The van der Waals surface area contributed by atoms with Crippen LogP contribution in [0.5, 0.6) is 0 Å². The molecule has 4 heteroatoms. The second kappa shape index (κ2) is 6.67. The first kappa shape index (κ1) is 12.3. The van der Waals surface area contributed by atoms with Crippen LogP contribution in [-0.2, 0) is 4.74 Å². The fourth-order valence-electron chi connectivity index (χ4n) is 1.55. The van der Waals surface area contributed by atoms with E-state index in [-0.39, 0.29) is 0 Å². The Hall–Kier alpha value is 0.230. The van der Waals surface area contributed by atoms with Crippen molar-refractivity contribution in [2.75, 3.05) is 38.3 Å². The monoisotopic (exact) mass is 219 g/mol. The molecule has 0 amide bonds. The van der Waals surface area contributed by atoms with Crippen LogP contribution in [-0.4, -0.2) is 49.0 Å². The van der Waals surface area contributed by atoms with Crippen LogP contribution >= 0.6 is 11.8 Å². The number of rotatable bonds is 7. The Morgan fingerprint density at radius 3 is 3.00 bits per heavy atom. The van der Waals surface area contributed by atoms with Crippen LogP contribution < -0.4 is 5.32 Å². The number of aliphatic hydroxyl groups is 1. The first-order chi connectivity index (χ1) is 6.77. The van der Waals surface area contributed by atoms with Crippen LogP contribution in [0.2, 0.25) is 0 Å². The highest BCUT2D eigenvalue weighted by Crippen LogP contribution is 2.16.